The molecular formula is C20H22N4O4S. The molecule has 0 saturated heterocycles. The maximum Gasteiger partial charge on any atom is 0.277 e. The van der Waals surface area contributed by atoms with Gasteiger partial charge in [0.1, 0.15) is 5.76 Å². The lowest BCUT2D eigenvalue weighted by Gasteiger charge is -2.17. The quantitative estimate of drug-likeness (QED) is 0.564. The van der Waals surface area contributed by atoms with Crippen molar-refractivity contribution in [3.05, 3.63) is 47.9 Å². The fourth-order valence-corrected chi connectivity index (χ4v) is 3.37. The molecule has 3 aromatic rings. The van der Waals surface area contributed by atoms with Crippen molar-refractivity contribution >= 4 is 29.3 Å². The second kappa shape index (κ2) is 9.42. The summed E-state index contributed by atoms with van der Waals surface area (Å²) in [4.78, 5) is 26.0. The molecule has 0 spiro atoms. The minimum Gasteiger partial charge on any atom is -0.469 e. The number of nitrogens with one attached hydrogen (secondary N) is 1. The molecule has 0 saturated carbocycles. The summed E-state index contributed by atoms with van der Waals surface area (Å²) in [5, 5.41) is 11.0. The van der Waals surface area contributed by atoms with Crippen molar-refractivity contribution in [3.63, 3.8) is 0 Å². The molecule has 9 heteroatoms. The molecular weight excluding hydrogens is 392 g/mol. The molecule has 2 heterocycles. The zero-order valence-electron chi connectivity index (χ0n) is 16.5. The standard InChI is InChI=1S/C20H22N4O4S/c1-4-14-7-5-6-8-16(14)21-17(25)11-24(3)18(26)12-29-20-23-22-19(28-20)15-9-10-27-13(15)2/h5-10H,4,11-12H2,1-3H3,(H,21,25). The highest BCUT2D eigenvalue weighted by Crippen LogP contribution is 2.26. The fraction of sp³-hybridized carbons (Fsp3) is 0.300. The van der Waals surface area contributed by atoms with Gasteiger partial charge in [0.05, 0.1) is 24.1 Å². The monoisotopic (exact) mass is 414 g/mol. The van der Waals surface area contributed by atoms with Crippen LogP contribution in [0.1, 0.15) is 18.2 Å². The van der Waals surface area contributed by atoms with Crippen molar-refractivity contribution in [1.82, 2.24) is 15.1 Å². The molecule has 0 aliphatic heterocycles. The van der Waals surface area contributed by atoms with E-state index in [1.54, 1.807) is 26.3 Å². The van der Waals surface area contributed by atoms with Gasteiger partial charge in [0, 0.05) is 12.7 Å². The van der Waals surface area contributed by atoms with Gasteiger partial charge in [-0.1, -0.05) is 36.9 Å². The van der Waals surface area contributed by atoms with Gasteiger partial charge in [-0.05, 0) is 31.0 Å². The molecule has 8 nitrogen and oxygen atoms in total. The van der Waals surface area contributed by atoms with Crippen molar-refractivity contribution in [2.45, 2.75) is 25.5 Å². The highest BCUT2D eigenvalue weighted by atomic mass is 32.2. The van der Waals surface area contributed by atoms with E-state index in [9.17, 15) is 9.59 Å². The van der Waals surface area contributed by atoms with Crippen LogP contribution in [0.5, 0.6) is 0 Å². The van der Waals surface area contributed by atoms with Crippen LogP contribution >= 0.6 is 11.8 Å². The van der Waals surface area contributed by atoms with Crippen molar-refractivity contribution in [3.8, 4) is 11.5 Å². The normalized spacial score (nSPS) is 10.7. The number of anilines is 1. The van der Waals surface area contributed by atoms with Gasteiger partial charge in [-0.15, -0.1) is 10.2 Å². The van der Waals surface area contributed by atoms with E-state index >= 15 is 0 Å². The Morgan fingerprint density at radius 3 is 2.72 bits per heavy atom. The molecule has 2 aromatic heterocycles. The summed E-state index contributed by atoms with van der Waals surface area (Å²) >= 11 is 1.12. The first-order chi connectivity index (χ1) is 14.0. The zero-order valence-corrected chi connectivity index (χ0v) is 17.3. The van der Waals surface area contributed by atoms with E-state index in [-0.39, 0.29) is 29.3 Å². The first-order valence-electron chi connectivity index (χ1n) is 9.10. The third kappa shape index (κ3) is 5.26. The lowest BCUT2D eigenvalue weighted by atomic mass is 10.1. The van der Waals surface area contributed by atoms with E-state index in [1.165, 1.54) is 4.90 Å². The van der Waals surface area contributed by atoms with Crippen molar-refractivity contribution in [1.29, 1.82) is 0 Å². The van der Waals surface area contributed by atoms with E-state index in [0.717, 1.165) is 35.0 Å². The fourth-order valence-electron chi connectivity index (χ4n) is 2.66. The molecule has 1 N–H and O–H groups in total. The van der Waals surface area contributed by atoms with Crippen LogP contribution in [0.25, 0.3) is 11.5 Å². The number of hydrogen-bond acceptors (Lipinski definition) is 7. The summed E-state index contributed by atoms with van der Waals surface area (Å²) in [5.74, 6) is 0.641. The van der Waals surface area contributed by atoms with Gasteiger partial charge in [-0.3, -0.25) is 9.59 Å². The number of para-hydroxylation sites is 1. The Hall–Kier alpha value is -3.07. The number of rotatable bonds is 8. The third-order valence-corrected chi connectivity index (χ3v) is 5.10. The molecule has 0 aliphatic rings. The second-order valence-electron chi connectivity index (χ2n) is 6.36. The largest absolute Gasteiger partial charge is 0.469 e. The summed E-state index contributed by atoms with van der Waals surface area (Å²) in [5.41, 5.74) is 2.53. The zero-order chi connectivity index (χ0) is 20.8. The molecule has 1 aromatic carbocycles. The van der Waals surface area contributed by atoms with Crippen LogP contribution in [0.4, 0.5) is 5.69 Å². The van der Waals surface area contributed by atoms with Gasteiger partial charge in [0.25, 0.3) is 11.1 Å². The summed E-state index contributed by atoms with van der Waals surface area (Å²) in [6.07, 6.45) is 2.36. The lowest BCUT2D eigenvalue weighted by Crippen LogP contribution is -2.36. The number of carbonyl (C=O) groups excluding carboxylic acids is 2. The molecule has 0 atom stereocenters. The number of carbonyl (C=O) groups is 2. The van der Waals surface area contributed by atoms with Crippen LogP contribution in [-0.2, 0) is 16.0 Å². The Labute approximate surface area is 172 Å². The molecule has 0 fully saturated rings. The minimum absolute atomic E-state index is 0.0409. The van der Waals surface area contributed by atoms with E-state index in [2.05, 4.69) is 15.5 Å². The number of aryl methyl sites for hydroxylation is 2. The van der Waals surface area contributed by atoms with Gasteiger partial charge in [0.15, 0.2) is 0 Å². The third-order valence-electron chi connectivity index (χ3n) is 4.29. The number of amides is 2. The number of nitrogens with zero attached hydrogens (tertiary/aromatic N) is 3. The van der Waals surface area contributed by atoms with E-state index in [0.29, 0.717) is 11.7 Å². The number of furan rings is 1. The first kappa shape index (κ1) is 20.7. The Balaban J connectivity index is 1.50. The van der Waals surface area contributed by atoms with Crippen LogP contribution in [0.15, 0.2) is 50.7 Å². The Bertz CT molecular complexity index is 998. The van der Waals surface area contributed by atoms with Crippen LogP contribution in [0.2, 0.25) is 0 Å². The lowest BCUT2D eigenvalue weighted by molar-refractivity contribution is -0.131. The molecule has 0 bridgehead atoms. The number of aromatic nitrogens is 2. The van der Waals surface area contributed by atoms with Gasteiger partial charge in [0.2, 0.25) is 11.8 Å². The van der Waals surface area contributed by atoms with Crippen LogP contribution in [-0.4, -0.2) is 46.3 Å². The van der Waals surface area contributed by atoms with Crippen molar-refractivity contribution in [2.24, 2.45) is 0 Å². The van der Waals surface area contributed by atoms with E-state index in [4.69, 9.17) is 8.83 Å². The highest BCUT2D eigenvalue weighted by molar-refractivity contribution is 7.99. The number of likely N-dealkylation sites (N-methyl/N-ethyl adjacent to an activating group) is 1. The topological polar surface area (TPSA) is 101 Å². The highest BCUT2D eigenvalue weighted by Gasteiger charge is 2.17. The summed E-state index contributed by atoms with van der Waals surface area (Å²) in [7, 11) is 1.59. The smallest absolute Gasteiger partial charge is 0.277 e. The summed E-state index contributed by atoms with van der Waals surface area (Å²) < 4.78 is 10.8. The predicted octanol–water partition coefficient (Wildman–Crippen LogP) is 3.39. The molecule has 0 unspecified atom stereocenters. The SMILES string of the molecule is CCc1ccccc1NC(=O)CN(C)C(=O)CSc1nnc(-c2ccoc2C)o1. The predicted molar refractivity (Wildman–Crippen MR) is 110 cm³/mol. The van der Waals surface area contributed by atoms with Crippen LogP contribution < -0.4 is 5.32 Å². The Morgan fingerprint density at radius 2 is 2.00 bits per heavy atom. The number of thioether (sulfide) groups is 1. The molecule has 3 rings (SSSR count). The van der Waals surface area contributed by atoms with Gasteiger partial charge >= 0.3 is 0 Å². The summed E-state index contributed by atoms with van der Waals surface area (Å²) in [6.45, 7) is 3.78. The van der Waals surface area contributed by atoms with E-state index in [1.807, 2.05) is 31.2 Å². The van der Waals surface area contributed by atoms with Gasteiger partial charge < -0.3 is 19.1 Å². The van der Waals surface area contributed by atoms with Crippen molar-refractivity contribution < 1.29 is 18.4 Å². The van der Waals surface area contributed by atoms with Crippen LogP contribution in [0.3, 0.4) is 0 Å². The van der Waals surface area contributed by atoms with Gasteiger partial charge in [-0.2, -0.15) is 0 Å². The molecule has 0 radical (unpaired) electrons. The maximum atomic E-state index is 12.3. The molecule has 2 amide bonds. The molecule has 152 valence electrons. The summed E-state index contributed by atoms with van der Waals surface area (Å²) in [6, 6.07) is 9.35. The van der Waals surface area contributed by atoms with E-state index < -0.39 is 0 Å². The number of benzene rings is 1. The first-order valence-corrected chi connectivity index (χ1v) is 10.1. The molecule has 29 heavy (non-hydrogen) atoms. The number of hydrogen-bond donors (Lipinski definition) is 1. The Kier molecular flexibility index (Phi) is 6.71. The average molecular weight is 414 g/mol. The van der Waals surface area contributed by atoms with Crippen LogP contribution in [0, 0.1) is 6.92 Å². The average Bonchev–Trinajstić information content (AvgIpc) is 3.34. The van der Waals surface area contributed by atoms with Gasteiger partial charge in [-0.25, -0.2) is 0 Å². The maximum absolute atomic E-state index is 12.3. The molecule has 0 aliphatic carbocycles. The second-order valence-corrected chi connectivity index (χ2v) is 7.29. The Morgan fingerprint density at radius 1 is 1.21 bits per heavy atom. The van der Waals surface area contributed by atoms with Crippen molar-refractivity contribution in [2.75, 3.05) is 24.7 Å². The minimum atomic E-state index is -0.248.